The summed E-state index contributed by atoms with van der Waals surface area (Å²) in [6.07, 6.45) is 4.63. The largest absolute Gasteiger partial charge is 0.393 e. The van der Waals surface area contributed by atoms with Crippen LogP contribution in [0.4, 0.5) is 0 Å². The van der Waals surface area contributed by atoms with Gasteiger partial charge >= 0.3 is 0 Å². The van der Waals surface area contributed by atoms with Crippen molar-refractivity contribution in [2.75, 3.05) is 0 Å². The normalized spacial score (nSPS) is 14.2. The molecule has 1 unspecified atom stereocenters. The van der Waals surface area contributed by atoms with Crippen LogP contribution in [0.2, 0.25) is 0 Å². The smallest absolute Gasteiger partial charge is 0.0563 e. The molecule has 0 heterocycles. The molecule has 0 fully saturated rings. The first-order valence-corrected chi connectivity index (χ1v) is 5.22. The van der Waals surface area contributed by atoms with Gasteiger partial charge in [0.05, 0.1) is 6.10 Å². The zero-order chi connectivity index (χ0) is 9.56. The highest BCUT2D eigenvalue weighted by molar-refractivity contribution is 4.59. The van der Waals surface area contributed by atoms with Crippen LogP contribution in [0.3, 0.4) is 0 Å². The van der Waals surface area contributed by atoms with Gasteiger partial charge in [0.15, 0.2) is 0 Å². The molecular formula is C11H24O. The number of unbranched alkanes of at least 4 members (excludes halogenated alkanes) is 1. The fourth-order valence-corrected chi connectivity index (χ4v) is 1.24. The van der Waals surface area contributed by atoms with E-state index in [-0.39, 0.29) is 6.10 Å². The lowest BCUT2D eigenvalue weighted by Crippen LogP contribution is -2.14. The molecule has 74 valence electrons. The molecule has 12 heavy (non-hydrogen) atoms. The van der Waals surface area contributed by atoms with E-state index in [4.69, 9.17) is 0 Å². The van der Waals surface area contributed by atoms with Gasteiger partial charge in [-0.15, -0.1) is 0 Å². The van der Waals surface area contributed by atoms with E-state index in [1.54, 1.807) is 0 Å². The third-order valence-corrected chi connectivity index (χ3v) is 2.30. The molecule has 0 aliphatic carbocycles. The van der Waals surface area contributed by atoms with Crippen LogP contribution in [0.5, 0.6) is 0 Å². The summed E-state index contributed by atoms with van der Waals surface area (Å²) in [7, 11) is 0. The van der Waals surface area contributed by atoms with Crippen molar-refractivity contribution >= 4 is 0 Å². The monoisotopic (exact) mass is 172 g/mol. The minimum atomic E-state index is -0.0860. The summed E-state index contributed by atoms with van der Waals surface area (Å²) >= 11 is 0. The maximum absolute atomic E-state index is 9.49. The van der Waals surface area contributed by atoms with Gasteiger partial charge in [-0.2, -0.15) is 0 Å². The summed E-state index contributed by atoms with van der Waals surface area (Å²) in [4.78, 5) is 0. The summed E-state index contributed by atoms with van der Waals surface area (Å²) in [6.45, 7) is 8.65. The molecular weight excluding hydrogens is 148 g/mol. The second-order valence-electron chi connectivity index (χ2n) is 4.49. The van der Waals surface area contributed by atoms with Crippen molar-refractivity contribution in [3.05, 3.63) is 0 Å². The predicted octanol–water partition coefficient (Wildman–Crippen LogP) is 3.22. The second kappa shape index (κ2) is 6.47. The van der Waals surface area contributed by atoms with Gasteiger partial charge in [-0.1, -0.05) is 47.0 Å². The van der Waals surface area contributed by atoms with Gasteiger partial charge in [0.25, 0.3) is 0 Å². The number of aliphatic hydroxyl groups is 1. The molecule has 0 rings (SSSR count). The SMILES string of the molecule is CC(C)CCCCC(O)C(C)C. The Kier molecular flexibility index (Phi) is 6.45. The zero-order valence-electron chi connectivity index (χ0n) is 9.01. The highest BCUT2D eigenvalue weighted by Gasteiger charge is 2.07. The zero-order valence-corrected chi connectivity index (χ0v) is 9.01. The fourth-order valence-electron chi connectivity index (χ4n) is 1.24. The van der Waals surface area contributed by atoms with Crippen molar-refractivity contribution < 1.29 is 5.11 Å². The molecule has 0 spiro atoms. The predicted molar refractivity (Wildman–Crippen MR) is 54.2 cm³/mol. The molecule has 0 aliphatic rings. The lowest BCUT2D eigenvalue weighted by molar-refractivity contribution is 0.113. The molecule has 0 saturated heterocycles. The van der Waals surface area contributed by atoms with Crippen molar-refractivity contribution in [1.29, 1.82) is 0 Å². The Hall–Kier alpha value is -0.0400. The molecule has 1 atom stereocenters. The molecule has 0 aromatic rings. The average Bonchev–Trinajstić information content (AvgIpc) is 1.97. The van der Waals surface area contributed by atoms with E-state index >= 15 is 0 Å². The van der Waals surface area contributed by atoms with E-state index in [9.17, 15) is 5.11 Å². The van der Waals surface area contributed by atoms with E-state index in [2.05, 4.69) is 27.7 Å². The number of rotatable bonds is 6. The van der Waals surface area contributed by atoms with Gasteiger partial charge in [0.2, 0.25) is 0 Å². The molecule has 1 N–H and O–H groups in total. The molecule has 1 nitrogen and oxygen atoms in total. The summed E-state index contributed by atoms with van der Waals surface area (Å²) in [5.74, 6) is 1.23. The van der Waals surface area contributed by atoms with Crippen molar-refractivity contribution in [2.24, 2.45) is 11.8 Å². The van der Waals surface area contributed by atoms with Gasteiger partial charge in [0, 0.05) is 0 Å². The van der Waals surface area contributed by atoms with E-state index < -0.39 is 0 Å². The molecule has 1 heteroatoms. The minimum Gasteiger partial charge on any atom is -0.393 e. The van der Waals surface area contributed by atoms with Crippen molar-refractivity contribution in [3.8, 4) is 0 Å². The first-order valence-electron chi connectivity index (χ1n) is 5.22. The van der Waals surface area contributed by atoms with Gasteiger partial charge in [-0.05, 0) is 18.3 Å². The van der Waals surface area contributed by atoms with Crippen LogP contribution in [-0.2, 0) is 0 Å². The first-order chi connectivity index (χ1) is 5.54. The Morgan fingerprint density at radius 2 is 1.42 bits per heavy atom. The van der Waals surface area contributed by atoms with Gasteiger partial charge in [0.1, 0.15) is 0 Å². The van der Waals surface area contributed by atoms with Crippen LogP contribution in [0.1, 0.15) is 53.4 Å². The van der Waals surface area contributed by atoms with E-state index in [0.29, 0.717) is 5.92 Å². The highest BCUT2D eigenvalue weighted by Crippen LogP contribution is 2.13. The Labute approximate surface area is 77.2 Å². The third kappa shape index (κ3) is 6.66. The Morgan fingerprint density at radius 3 is 1.83 bits per heavy atom. The van der Waals surface area contributed by atoms with Gasteiger partial charge in [-0.3, -0.25) is 0 Å². The fraction of sp³-hybridized carbons (Fsp3) is 1.00. The number of hydrogen-bond acceptors (Lipinski definition) is 1. The van der Waals surface area contributed by atoms with Crippen LogP contribution in [-0.4, -0.2) is 11.2 Å². The number of hydrogen-bond donors (Lipinski definition) is 1. The van der Waals surface area contributed by atoms with Crippen LogP contribution in [0, 0.1) is 11.8 Å². The number of aliphatic hydroxyl groups excluding tert-OH is 1. The minimum absolute atomic E-state index is 0.0860. The molecule has 0 radical (unpaired) electrons. The van der Waals surface area contributed by atoms with Crippen molar-refractivity contribution in [1.82, 2.24) is 0 Å². The van der Waals surface area contributed by atoms with Crippen LogP contribution >= 0.6 is 0 Å². The average molecular weight is 172 g/mol. The van der Waals surface area contributed by atoms with Crippen LogP contribution in [0.25, 0.3) is 0 Å². The van der Waals surface area contributed by atoms with Crippen molar-refractivity contribution in [2.45, 2.75) is 59.5 Å². The van der Waals surface area contributed by atoms with E-state index in [0.717, 1.165) is 12.3 Å². The Bertz CT molecular complexity index is 97.2. The Morgan fingerprint density at radius 1 is 0.917 bits per heavy atom. The molecule has 0 aromatic carbocycles. The quantitative estimate of drug-likeness (QED) is 0.610. The maximum Gasteiger partial charge on any atom is 0.0563 e. The standard InChI is InChI=1S/C11H24O/c1-9(2)7-5-6-8-11(12)10(3)4/h9-12H,5-8H2,1-4H3. The van der Waals surface area contributed by atoms with Crippen LogP contribution < -0.4 is 0 Å². The lowest BCUT2D eigenvalue weighted by Gasteiger charge is -2.14. The van der Waals surface area contributed by atoms with E-state index in [1.807, 2.05) is 0 Å². The highest BCUT2D eigenvalue weighted by atomic mass is 16.3. The molecule has 0 aromatic heterocycles. The summed E-state index contributed by atoms with van der Waals surface area (Å²) in [6, 6.07) is 0. The topological polar surface area (TPSA) is 20.2 Å². The molecule has 0 bridgehead atoms. The van der Waals surface area contributed by atoms with Gasteiger partial charge in [-0.25, -0.2) is 0 Å². The second-order valence-corrected chi connectivity index (χ2v) is 4.49. The molecule has 0 aliphatic heterocycles. The first kappa shape index (κ1) is 12.0. The van der Waals surface area contributed by atoms with Crippen molar-refractivity contribution in [3.63, 3.8) is 0 Å². The molecule has 0 saturated carbocycles. The summed E-state index contributed by atoms with van der Waals surface area (Å²) < 4.78 is 0. The maximum atomic E-state index is 9.49. The lowest BCUT2D eigenvalue weighted by atomic mass is 9.99. The van der Waals surface area contributed by atoms with Gasteiger partial charge < -0.3 is 5.11 Å². The molecule has 0 amide bonds. The summed E-state index contributed by atoms with van der Waals surface area (Å²) in [5.41, 5.74) is 0. The van der Waals surface area contributed by atoms with Crippen LogP contribution in [0.15, 0.2) is 0 Å². The Balaban J connectivity index is 3.20. The third-order valence-electron chi connectivity index (χ3n) is 2.30. The summed E-state index contributed by atoms with van der Waals surface area (Å²) in [5, 5.41) is 9.49. The van der Waals surface area contributed by atoms with E-state index in [1.165, 1.54) is 19.3 Å².